The quantitative estimate of drug-likeness (QED) is 0.837. The molecule has 0 heterocycles. The van der Waals surface area contributed by atoms with Crippen molar-refractivity contribution in [1.29, 1.82) is 0 Å². The first-order valence-corrected chi connectivity index (χ1v) is 6.05. The fourth-order valence-electron chi connectivity index (χ4n) is 1.75. The lowest BCUT2D eigenvalue weighted by molar-refractivity contribution is 0.0694. The van der Waals surface area contributed by atoms with Gasteiger partial charge in [0.25, 0.3) is 0 Å². The maximum Gasteiger partial charge on any atom is 0.339 e. The lowest BCUT2D eigenvalue weighted by atomic mass is 10.2. The number of carboxylic acid groups (broad SMARTS) is 1. The number of anilines is 2. The summed E-state index contributed by atoms with van der Waals surface area (Å²) < 4.78 is 5.65. The molecule has 0 aliphatic rings. The number of aromatic carboxylic acids is 1. The molecular formula is C15H16N2O3. The molecule has 0 saturated heterocycles. The molecule has 2 aromatic rings. The number of nitrogens with two attached hydrogens (primary N) is 1. The Labute approximate surface area is 117 Å². The van der Waals surface area contributed by atoms with E-state index in [0.29, 0.717) is 11.4 Å². The largest absolute Gasteiger partial charge is 0.478 e. The second-order valence-corrected chi connectivity index (χ2v) is 4.55. The Balaban J connectivity index is 2.36. The van der Waals surface area contributed by atoms with Gasteiger partial charge in [-0.15, -0.1) is 0 Å². The van der Waals surface area contributed by atoms with E-state index in [-0.39, 0.29) is 11.3 Å². The molecule has 2 aromatic carbocycles. The zero-order valence-corrected chi connectivity index (χ0v) is 11.3. The Morgan fingerprint density at radius 2 is 1.95 bits per heavy atom. The number of hydrogen-bond acceptors (Lipinski definition) is 4. The third-order valence-electron chi connectivity index (χ3n) is 2.80. The van der Waals surface area contributed by atoms with Crippen LogP contribution in [0.15, 0.2) is 42.5 Å². The number of hydrogen-bond donors (Lipinski definition) is 2. The summed E-state index contributed by atoms with van der Waals surface area (Å²) in [6.45, 7) is 0. The summed E-state index contributed by atoms with van der Waals surface area (Å²) in [5.41, 5.74) is 7.17. The molecule has 0 aromatic heterocycles. The van der Waals surface area contributed by atoms with Crippen LogP contribution >= 0.6 is 0 Å². The first-order valence-electron chi connectivity index (χ1n) is 6.05. The standard InChI is InChI=1S/C15H16N2O3/c1-17(2)11-4-3-5-12(9-11)20-14-8-10(16)6-7-13(14)15(18)19/h3-9H,16H2,1-2H3,(H,18,19). The highest BCUT2D eigenvalue weighted by Crippen LogP contribution is 2.29. The molecule has 0 atom stereocenters. The summed E-state index contributed by atoms with van der Waals surface area (Å²) in [4.78, 5) is 13.1. The fraction of sp³-hybridized carbons (Fsp3) is 0.133. The minimum atomic E-state index is -1.05. The SMILES string of the molecule is CN(C)c1cccc(Oc2cc(N)ccc2C(=O)O)c1. The molecule has 0 spiro atoms. The van der Waals surface area contributed by atoms with Crippen LogP contribution < -0.4 is 15.4 Å². The molecule has 104 valence electrons. The molecule has 0 saturated carbocycles. The van der Waals surface area contributed by atoms with E-state index >= 15 is 0 Å². The fourth-order valence-corrected chi connectivity index (χ4v) is 1.75. The predicted molar refractivity (Wildman–Crippen MR) is 78.7 cm³/mol. The Morgan fingerprint density at radius 1 is 1.20 bits per heavy atom. The van der Waals surface area contributed by atoms with Gasteiger partial charge in [0, 0.05) is 37.6 Å². The van der Waals surface area contributed by atoms with E-state index in [9.17, 15) is 4.79 Å². The number of nitrogens with zero attached hydrogens (tertiary/aromatic N) is 1. The smallest absolute Gasteiger partial charge is 0.339 e. The molecule has 20 heavy (non-hydrogen) atoms. The van der Waals surface area contributed by atoms with Crippen molar-refractivity contribution in [2.75, 3.05) is 24.7 Å². The second kappa shape index (κ2) is 5.52. The maximum atomic E-state index is 11.2. The lowest BCUT2D eigenvalue weighted by Gasteiger charge is -2.14. The molecule has 0 amide bonds. The van der Waals surface area contributed by atoms with E-state index in [2.05, 4.69) is 0 Å². The van der Waals surface area contributed by atoms with E-state index in [4.69, 9.17) is 15.6 Å². The van der Waals surface area contributed by atoms with Crippen LogP contribution in [0.4, 0.5) is 11.4 Å². The molecule has 0 bridgehead atoms. The van der Waals surface area contributed by atoms with Crippen LogP contribution in [0.3, 0.4) is 0 Å². The van der Waals surface area contributed by atoms with Crippen molar-refractivity contribution >= 4 is 17.3 Å². The van der Waals surface area contributed by atoms with Gasteiger partial charge in [-0.2, -0.15) is 0 Å². The molecule has 5 nitrogen and oxygen atoms in total. The molecule has 0 unspecified atom stereocenters. The van der Waals surface area contributed by atoms with Crippen molar-refractivity contribution < 1.29 is 14.6 Å². The Morgan fingerprint density at radius 3 is 2.60 bits per heavy atom. The van der Waals surface area contributed by atoms with Gasteiger partial charge in [0.1, 0.15) is 17.1 Å². The number of benzene rings is 2. The van der Waals surface area contributed by atoms with Crippen LogP contribution in [0.2, 0.25) is 0 Å². The van der Waals surface area contributed by atoms with Gasteiger partial charge in [-0.1, -0.05) is 6.07 Å². The van der Waals surface area contributed by atoms with E-state index in [0.717, 1.165) is 5.69 Å². The zero-order valence-electron chi connectivity index (χ0n) is 11.3. The van der Waals surface area contributed by atoms with E-state index < -0.39 is 5.97 Å². The summed E-state index contributed by atoms with van der Waals surface area (Å²) in [6.07, 6.45) is 0. The van der Waals surface area contributed by atoms with Crippen LogP contribution in [0, 0.1) is 0 Å². The van der Waals surface area contributed by atoms with Crippen molar-refractivity contribution in [3.05, 3.63) is 48.0 Å². The topological polar surface area (TPSA) is 75.8 Å². The van der Waals surface area contributed by atoms with Crippen LogP contribution in [0.25, 0.3) is 0 Å². The van der Waals surface area contributed by atoms with Gasteiger partial charge in [-0.25, -0.2) is 4.79 Å². The first-order chi connectivity index (χ1) is 9.47. The van der Waals surface area contributed by atoms with E-state index in [1.54, 1.807) is 6.07 Å². The van der Waals surface area contributed by atoms with Gasteiger partial charge in [0.2, 0.25) is 0 Å². The highest BCUT2D eigenvalue weighted by atomic mass is 16.5. The Hall–Kier alpha value is -2.69. The number of rotatable bonds is 4. The van der Waals surface area contributed by atoms with Gasteiger partial charge in [0.05, 0.1) is 0 Å². The number of carboxylic acids is 1. The van der Waals surface area contributed by atoms with E-state index in [1.807, 2.05) is 37.2 Å². The summed E-state index contributed by atoms with van der Waals surface area (Å²) in [6, 6.07) is 11.8. The van der Waals surface area contributed by atoms with Crippen LogP contribution in [-0.4, -0.2) is 25.2 Å². The normalized spacial score (nSPS) is 10.1. The molecule has 0 radical (unpaired) electrons. The highest BCUT2D eigenvalue weighted by Gasteiger charge is 2.12. The minimum Gasteiger partial charge on any atom is -0.478 e. The number of ether oxygens (including phenoxy) is 1. The lowest BCUT2D eigenvalue weighted by Crippen LogP contribution is -2.08. The summed E-state index contributed by atoms with van der Waals surface area (Å²) in [5.74, 6) is -0.263. The zero-order chi connectivity index (χ0) is 14.7. The number of nitrogen functional groups attached to an aromatic ring is 1. The summed E-state index contributed by atoms with van der Waals surface area (Å²) in [7, 11) is 3.84. The Kier molecular flexibility index (Phi) is 3.79. The molecule has 0 fully saturated rings. The molecule has 5 heteroatoms. The van der Waals surface area contributed by atoms with Crippen molar-refractivity contribution in [3.8, 4) is 11.5 Å². The maximum absolute atomic E-state index is 11.2. The van der Waals surface area contributed by atoms with Crippen LogP contribution in [0.5, 0.6) is 11.5 Å². The molecule has 3 N–H and O–H groups in total. The van der Waals surface area contributed by atoms with Gasteiger partial charge in [-0.3, -0.25) is 0 Å². The van der Waals surface area contributed by atoms with Crippen molar-refractivity contribution in [3.63, 3.8) is 0 Å². The van der Waals surface area contributed by atoms with Crippen LogP contribution in [-0.2, 0) is 0 Å². The molecule has 2 rings (SSSR count). The second-order valence-electron chi connectivity index (χ2n) is 4.55. The number of carbonyl (C=O) groups is 1. The summed E-state index contributed by atoms with van der Waals surface area (Å²) >= 11 is 0. The molecule has 0 aliphatic heterocycles. The van der Waals surface area contributed by atoms with Crippen LogP contribution in [0.1, 0.15) is 10.4 Å². The van der Waals surface area contributed by atoms with E-state index in [1.165, 1.54) is 18.2 Å². The molecular weight excluding hydrogens is 256 g/mol. The Bertz CT molecular complexity index is 639. The first kappa shape index (κ1) is 13.7. The average molecular weight is 272 g/mol. The van der Waals surface area contributed by atoms with Crippen molar-refractivity contribution in [1.82, 2.24) is 0 Å². The predicted octanol–water partition coefficient (Wildman–Crippen LogP) is 2.83. The van der Waals surface area contributed by atoms with Crippen molar-refractivity contribution in [2.45, 2.75) is 0 Å². The van der Waals surface area contributed by atoms with Gasteiger partial charge < -0.3 is 20.5 Å². The van der Waals surface area contributed by atoms with Gasteiger partial charge >= 0.3 is 5.97 Å². The summed E-state index contributed by atoms with van der Waals surface area (Å²) in [5, 5.41) is 9.15. The third-order valence-corrected chi connectivity index (χ3v) is 2.80. The minimum absolute atomic E-state index is 0.0782. The van der Waals surface area contributed by atoms with Crippen molar-refractivity contribution in [2.24, 2.45) is 0 Å². The molecule has 0 aliphatic carbocycles. The third kappa shape index (κ3) is 3.00. The van der Waals surface area contributed by atoms with Gasteiger partial charge in [0.15, 0.2) is 0 Å². The average Bonchev–Trinajstić information content (AvgIpc) is 2.38. The monoisotopic (exact) mass is 272 g/mol. The highest BCUT2D eigenvalue weighted by molar-refractivity contribution is 5.91. The van der Waals surface area contributed by atoms with Gasteiger partial charge in [-0.05, 0) is 24.3 Å².